The van der Waals surface area contributed by atoms with Crippen LogP contribution in [-0.2, 0) is 6.54 Å². The standard InChI is InChI=1S/C13H13N3O3/c1-2-5-16-13(10(7-17)14-15-16)9-3-4-11-12(6-9)19-8-18-11/h3-4,6-7H,2,5,8H2,1H3. The summed E-state index contributed by atoms with van der Waals surface area (Å²) in [7, 11) is 0. The predicted molar refractivity (Wildman–Crippen MR) is 67.3 cm³/mol. The molecule has 1 aliphatic rings. The van der Waals surface area contributed by atoms with Gasteiger partial charge in [-0.15, -0.1) is 5.10 Å². The molecule has 6 heteroatoms. The maximum atomic E-state index is 11.1. The lowest BCUT2D eigenvalue weighted by molar-refractivity contribution is 0.111. The Bertz CT molecular complexity index is 622. The number of benzene rings is 1. The maximum absolute atomic E-state index is 11.1. The summed E-state index contributed by atoms with van der Waals surface area (Å²) in [4.78, 5) is 11.1. The van der Waals surface area contributed by atoms with Crippen molar-refractivity contribution >= 4 is 6.29 Å². The van der Waals surface area contributed by atoms with Gasteiger partial charge in [0.2, 0.25) is 6.79 Å². The molecule has 0 unspecified atom stereocenters. The summed E-state index contributed by atoms with van der Waals surface area (Å²) in [5, 5.41) is 7.91. The summed E-state index contributed by atoms with van der Waals surface area (Å²) in [6, 6.07) is 5.56. The third-order valence-electron chi connectivity index (χ3n) is 2.95. The lowest BCUT2D eigenvalue weighted by atomic mass is 10.1. The van der Waals surface area contributed by atoms with Gasteiger partial charge in [-0.3, -0.25) is 4.79 Å². The Kier molecular flexibility index (Phi) is 2.91. The molecule has 0 aliphatic carbocycles. The second-order valence-electron chi connectivity index (χ2n) is 4.23. The first kappa shape index (κ1) is 11.7. The minimum atomic E-state index is 0.228. The molecule has 98 valence electrons. The van der Waals surface area contributed by atoms with E-state index >= 15 is 0 Å². The van der Waals surface area contributed by atoms with E-state index < -0.39 is 0 Å². The molecule has 0 bridgehead atoms. The number of aldehydes is 1. The van der Waals surface area contributed by atoms with Gasteiger partial charge in [0, 0.05) is 12.1 Å². The highest BCUT2D eigenvalue weighted by Crippen LogP contribution is 2.36. The van der Waals surface area contributed by atoms with E-state index in [1.165, 1.54) is 0 Å². The number of fused-ring (bicyclic) bond motifs is 1. The van der Waals surface area contributed by atoms with E-state index in [9.17, 15) is 4.79 Å². The number of ether oxygens (including phenoxy) is 2. The van der Waals surface area contributed by atoms with Gasteiger partial charge >= 0.3 is 0 Å². The molecular formula is C13H13N3O3. The number of carbonyl (C=O) groups excluding carboxylic acids is 1. The Morgan fingerprint density at radius 3 is 3.00 bits per heavy atom. The first-order chi connectivity index (χ1) is 9.33. The van der Waals surface area contributed by atoms with Gasteiger partial charge in [-0.05, 0) is 24.6 Å². The van der Waals surface area contributed by atoms with Crippen LogP contribution in [0.15, 0.2) is 18.2 Å². The van der Waals surface area contributed by atoms with Gasteiger partial charge in [0.25, 0.3) is 0 Å². The Morgan fingerprint density at radius 1 is 1.37 bits per heavy atom. The SMILES string of the molecule is CCCn1nnc(C=O)c1-c1ccc2c(c1)OCO2. The molecule has 0 saturated carbocycles. The van der Waals surface area contributed by atoms with Crippen LogP contribution in [0.4, 0.5) is 0 Å². The zero-order chi connectivity index (χ0) is 13.2. The number of aryl methyl sites for hydroxylation is 1. The molecule has 19 heavy (non-hydrogen) atoms. The van der Waals surface area contributed by atoms with E-state index in [-0.39, 0.29) is 6.79 Å². The van der Waals surface area contributed by atoms with E-state index in [4.69, 9.17) is 9.47 Å². The molecule has 2 aromatic rings. The van der Waals surface area contributed by atoms with E-state index in [0.717, 1.165) is 24.0 Å². The van der Waals surface area contributed by atoms with Gasteiger partial charge in [-0.1, -0.05) is 12.1 Å². The van der Waals surface area contributed by atoms with E-state index in [1.54, 1.807) is 4.68 Å². The van der Waals surface area contributed by atoms with Gasteiger partial charge in [0.05, 0.1) is 5.69 Å². The maximum Gasteiger partial charge on any atom is 0.231 e. The Labute approximate surface area is 109 Å². The third-order valence-corrected chi connectivity index (χ3v) is 2.95. The van der Waals surface area contributed by atoms with Crippen molar-refractivity contribution in [3.63, 3.8) is 0 Å². The number of rotatable bonds is 4. The molecule has 0 saturated heterocycles. The molecular weight excluding hydrogens is 246 g/mol. The molecule has 3 rings (SSSR count). The topological polar surface area (TPSA) is 66.2 Å². The second kappa shape index (κ2) is 4.72. The van der Waals surface area contributed by atoms with Crippen molar-refractivity contribution in [3.8, 4) is 22.8 Å². The first-order valence-electron chi connectivity index (χ1n) is 6.12. The summed E-state index contributed by atoms with van der Waals surface area (Å²) < 4.78 is 12.4. The van der Waals surface area contributed by atoms with Gasteiger partial charge in [-0.2, -0.15) is 0 Å². The molecule has 1 aromatic heterocycles. The van der Waals surface area contributed by atoms with Crippen LogP contribution in [0.3, 0.4) is 0 Å². The predicted octanol–water partition coefficient (Wildman–Crippen LogP) is 1.90. The molecule has 0 N–H and O–H groups in total. The van der Waals surface area contributed by atoms with Crippen molar-refractivity contribution in [3.05, 3.63) is 23.9 Å². The molecule has 0 atom stereocenters. The van der Waals surface area contributed by atoms with Crippen molar-refractivity contribution < 1.29 is 14.3 Å². The summed E-state index contributed by atoms with van der Waals surface area (Å²) >= 11 is 0. The first-order valence-corrected chi connectivity index (χ1v) is 6.12. The van der Waals surface area contributed by atoms with E-state index in [1.807, 2.05) is 25.1 Å². The van der Waals surface area contributed by atoms with Crippen molar-refractivity contribution in [1.29, 1.82) is 0 Å². The van der Waals surface area contributed by atoms with Crippen molar-refractivity contribution in [2.45, 2.75) is 19.9 Å². The highest BCUT2D eigenvalue weighted by atomic mass is 16.7. The zero-order valence-corrected chi connectivity index (χ0v) is 10.5. The van der Waals surface area contributed by atoms with Crippen LogP contribution in [0.25, 0.3) is 11.3 Å². The molecule has 0 spiro atoms. The number of aromatic nitrogens is 3. The van der Waals surface area contributed by atoms with Gasteiger partial charge in [0.1, 0.15) is 0 Å². The fourth-order valence-corrected chi connectivity index (χ4v) is 2.11. The lowest BCUT2D eigenvalue weighted by Gasteiger charge is -2.06. The van der Waals surface area contributed by atoms with Crippen LogP contribution < -0.4 is 9.47 Å². The number of nitrogens with zero attached hydrogens (tertiary/aromatic N) is 3. The normalized spacial score (nSPS) is 12.7. The number of carbonyl (C=O) groups is 1. The second-order valence-corrected chi connectivity index (χ2v) is 4.23. The fraction of sp³-hybridized carbons (Fsp3) is 0.308. The summed E-state index contributed by atoms with van der Waals surface area (Å²) in [6.45, 7) is 2.99. The van der Waals surface area contributed by atoms with Crippen LogP contribution in [0.2, 0.25) is 0 Å². The van der Waals surface area contributed by atoms with Gasteiger partial charge in [-0.25, -0.2) is 4.68 Å². The Balaban J connectivity index is 2.10. The molecule has 2 heterocycles. The van der Waals surface area contributed by atoms with Gasteiger partial charge < -0.3 is 9.47 Å². The average molecular weight is 259 g/mol. The van der Waals surface area contributed by atoms with Crippen LogP contribution in [0.5, 0.6) is 11.5 Å². The van der Waals surface area contributed by atoms with Crippen LogP contribution in [-0.4, -0.2) is 28.1 Å². The molecule has 0 amide bonds. The van der Waals surface area contributed by atoms with Crippen LogP contribution >= 0.6 is 0 Å². The lowest BCUT2D eigenvalue weighted by Crippen LogP contribution is -2.02. The van der Waals surface area contributed by atoms with E-state index in [2.05, 4.69) is 10.3 Å². The summed E-state index contributed by atoms with van der Waals surface area (Å²) in [5.74, 6) is 1.39. The van der Waals surface area contributed by atoms with Crippen LogP contribution in [0.1, 0.15) is 23.8 Å². The minimum absolute atomic E-state index is 0.228. The highest BCUT2D eigenvalue weighted by molar-refractivity contribution is 5.83. The summed E-state index contributed by atoms with van der Waals surface area (Å²) in [5.41, 5.74) is 1.91. The number of hydrogen-bond acceptors (Lipinski definition) is 5. The Hall–Kier alpha value is -2.37. The van der Waals surface area contributed by atoms with E-state index in [0.29, 0.717) is 23.7 Å². The molecule has 0 fully saturated rings. The molecule has 0 radical (unpaired) electrons. The minimum Gasteiger partial charge on any atom is -0.454 e. The number of hydrogen-bond donors (Lipinski definition) is 0. The third kappa shape index (κ3) is 1.95. The summed E-state index contributed by atoms with van der Waals surface area (Å²) in [6.07, 6.45) is 1.64. The largest absolute Gasteiger partial charge is 0.454 e. The Morgan fingerprint density at radius 2 is 2.21 bits per heavy atom. The monoisotopic (exact) mass is 259 g/mol. The smallest absolute Gasteiger partial charge is 0.231 e. The zero-order valence-electron chi connectivity index (χ0n) is 10.5. The quantitative estimate of drug-likeness (QED) is 0.784. The average Bonchev–Trinajstić information content (AvgIpc) is 3.04. The highest BCUT2D eigenvalue weighted by Gasteiger charge is 2.18. The molecule has 1 aliphatic heterocycles. The van der Waals surface area contributed by atoms with Crippen molar-refractivity contribution in [2.75, 3.05) is 6.79 Å². The molecule has 1 aromatic carbocycles. The van der Waals surface area contributed by atoms with Crippen molar-refractivity contribution in [2.24, 2.45) is 0 Å². The molecule has 6 nitrogen and oxygen atoms in total. The fourth-order valence-electron chi connectivity index (χ4n) is 2.11. The van der Waals surface area contributed by atoms with Gasteiger partial charge in [0.15, 0.2) is 23.5 Å². The van der Waals surface area contributed by atoms with Crippen LogP contribution in [0, 0.1) is 0 Å². The van der Waals surface area contributed by atoms with Crippen molar-refractivity contribution in [1.82, 2.24) is 15.0 Å².